The van der Waals surface area contributed by atoms with Gasteiger partial charge in [0.15, 0.2) is 0 Å². The van der Waals surface area contributed by atoms with E-state index in [1.54, 1.807) is 0 Å². The van der Waals surface area contributed by atoms with Crippen molar-refractivity contribution in [2.45, 2.75) is 74.1 Å². The average Bonchev–Trinajstić information content (AvgIpc) is 2.72. The van der Waals surface area contributed by atoms with Crippen LogP contribution in [0.5, 0.6) is 0 Å². The van der Waals surface area contributed by atoms with Gasteiger partial charge in [-0.1, -0.05) is 127 Å². The van der Waals surface area contributed by atoms with E-state index in [1.165, 1.54) is 39.0 Å². The maximum Gasteiger partial charge on any atom is -0.0132 e. The van der Waals surface area contributed by atoms with Gasteiger partial charge in [0, 0.05) is 0 Å². The highest BCUT2D eigenvalue weighted by Gasteiger charge is 2.17. The van der Waals surface area contributed by atoms with Crippen molar-refractivity contribution in [3.8, 4) is 0 Å². The van der Waals surface area contributed by atoms with Gasteiger partial charge in [0.2, 0.25) is 0 Å². The van der Waals surface area contributed by atoms with Crippen LogP contribution in [0.3, 0.4) is 0 Å². The topological polar surface area (TPSA) is 0 Å². The van der Waals surface area contributed by atoms with Crippen molar-refractivity contribution in [3.05, 3.63) is 113 Å². The van der Waals surface area contributed by atoms with E-state index in [0.717, 1.165) is 31.3 Å². The molecule has 0 N–H and O–H groups in total. The normalized spacial score (nSPS) is 18.9. The third-order valence-corrected chi connectivity index (χ3v) is 6.76. The minimum atomic E-state index is 0.0595. The Hall–Kier alpha value is -2.60. The Morgan fingerprint density at radius 2 is 1.52 bits per heavy atom. The molecule has 1 aromatic carbocycles. The second-order valence-corrected chi connectivity index (χ2v) is 11.3. The smallest absolute Gasteiger partial charge is 0.0132 e. The van der Waals surface area contributed by atoms with Crippen molar-refractivity contribution < 1.29 is 0 Å². The number of rotatable bonds is 4. The lowest BCUT2D eigenvalue weighted by atomic mass is 9.82. The van der Waals surface area contributed by atoms with Crippen LogP contribution in [0.2, 0.25) is 0 Å². The molecule has 33 heavy (non-hydrogen) atoms. The Labute approximate surface area is 203 Å². The van der Waals surface area contributed by atoms with Gasteiger partial charge < -0.3 is 0 Å². The molecular formula is C33H44. The van der Waals surface area contributed by atoms with Crippen LogP contribution in [-0.4, -0.2) is 0 Å². The molecule has 0 aliphatic heterocycles. The Bertz CT molecular complexity index is 1020. The maximum absolute atomic E-state index is 4.34. The molecule has 0 fully saturated rings. The standard InChI is InChI=1S/C33H44/c1-11-27(21-22-30(12-2)33(8,9)10)31-23-26-15-19-28(25(4)32(5,6)7)17-13-24(3)14-18-29(31)20-16-26/h11-13,16-17,20-23H,1-3,14-15,18-19H2,4-10H3/b17-13-,27-21+,28-25-,30-22+. The molecule has 176 valence electrons. The van der Waals surface area contributed by atoms with Gasteiger partial charge in [0.05, 0.1) is 0 Å². The van der Waals surface area contributed by atoms with Gasteiger partial charge in [0.25, 0.3) is 0 Å². The summed E-state index contributed by atoms with van der Waals surface area (Å²) in [6.45, 7) is 28.3. The Morgan fingerprint density at radius 3 is 2.09 bits per heavy atom. The van der Waals surface area contributed by atoms with Crippen molar-refractivity contribution >= 4 is 5.57 Å². The van der Waals surface area contributed by atoms with Crippen molar-refractivity contribution in [1.29, 1.82) is 0 Å². The third-order valence-electron chi connectivity index (χ3n) is 6.76. The quantitative estimate of drug-likeness (QED) is 0.409. The van der Waals surface area contributed by atoms with Crippen molar-refractivity contribution in [3.63, 3.8) is 0 Å². The van der Waals surface area contributed by atoms with Crippen LogP contribution in [0, 0.1) is 10.8 Å². The molecule has 2 aliphatic rings. The second-order valence-electron chi connectivity index (χ2n) is 11.3. The fraction of sp³-hybridized carbons (Fsp3) is 0.394. The van der Waals surface area contributed by atoms with Crippen LogP contribution in [0.25, 0.3) is 5.57 Å². The molecule has 0 heterocycles. The number of hydrogen-bond acceptors (Lipinski definition) is 0. The van der Waals surface area contributed by atoms with E-state index in [0.29, 0.717) is 0 Å². The minimum absolute atomic E-state index is 0.0595. The van der Waals surface area contributed by atoms with E-state index in [4.69, 9.17) is 0 Å². The highest BCUT2D eigenvalue weighted by atomic mass is 14.2. The first-order valence-corrected chi connectivity index (χ1v) is 12.2. The van der Waals surface area contributed by atoms with Crippen LogP contribution in [-0.2, 0) is 12.8 Å². The lowest BCUT2D eigenvalue weighted by Crippen LogP contribution is -2.09. The van der Waals surface area contributed by atoms with Gasteiger partial charge in [-0.05, 0) is 76.8 Å². The predicted molar refractivity (Wildman–Crippen MR) is 149 cm³/mol. The van der Waals surface area contributed by atoms with Crippen molar-refractivity contribution in [2.24, 2.45) is 10.8 Å². The molecule has 0 heteroatoms. The second kappa shape index (κ2) is 11.0. The van der Waals surface area contributed by atoms with E-state index in [1.807, 2.05) is 12.2 Å². The first-order valence-electron chi connectivity index (χ1n) is 12.2. The summed E-state index contributed by atoms with van der Waals surface area (Å²) in [5.74, 6) is 0. The summed E-state index contributed by atoms with van der Waals surface area (Å²) < 4.78 is 0. The van der Waals surface area contributed by atoms with Gasteiger partial charge in [-0.15, -0.1) is 0 Å². The zero-order valence-electron chi connectivity index (χ0n) is 22.1. The molecule has 0 nitrogen and oxygen atoms in total. The first-order chi connectivity index (χ1) is 15.4. The van der Waals surface area contributed by atoms with Gasteiger partial charge >= 0.3 is 0 Å². The average molecular weight is 441 g/mol. The molecule has 0 spiro atoms. The summed E-state index contributed by atoms with van der Waals surface area (Å²) in [7, 11) is 0. The Morgan fingerprint density at radius 1 is 0.818 bits per heavy atom. The van der Waals surface area contributed by atoms with Gasteiger partial charge in [-0.25, -0.2) is 0 Å². The number of fused-ring (bicyclic) bond motifs is 8. The first kappa shape index (κ1) is 26.7. The lowest BCUT2D eigenvalue weighted by Gasteiger charge is -2.23. The Balaban J connectivity index is 2.57. The molecule has 0 unspecified atom stereocenters. The van der Waals surface area contributed by atoms with Crippen LogP contribution in [0.15, 0.2) is 96.7 Å². The fourth-order valence-electron chi connectivity index (χ4n) is 4.09. The van der Waals surface area contributed by atoms with Gasteiger partial charge in [-0.3, -0.25) is 0 Å². The number of allylic oxidation sites excluding steroid dienone is 11. The lowest BCUT2D eigenvalue weighted by molar-refractivity contribution is 0.497. The van der Waals surface area contributed by atoms with E-state index in [9.17, 15) is 0 Å². The molecule has 0 radical (unpaired) electrons. The van der Waals surface area contributed by atoms with E-state index < -0.39 is 0 Å². The monoisotopic (exact) mass is 440 g/mol. The molecule has 2 aliphatic carbocycles. The van der Waals surface area contributed by atoms with Gasteiger partial charge in [0.1, 0.15) is 0 Å². The molecule has 2 bridgehead atoms. The summed E-state index contributed by atoms with van der Waals surface area (Å²) in [5, 5.41) is 0. The Kier molecular flexibility index (Phi) is 8.89. The summed E-state index contributed by atoms with van der Waals surface area (Å²) in [4.78, 5) is 0. The third kappa shape index (κ3) is 7.46. The maximum atomic E-state index is 4.34. The molecule has 1 aromatic rings. The van der Waals surface area contributed by atoms with Gasteiger partial charge in [-0.2, -0.15) is 0 Å². The molecule has 0 saturated carbocycles. The SMILES string of the molecule is C=C/C(=C\C=C(/C=C)C(C)(C)C)c1cc2ccc1CCC(=C)/C=C\C(=C(/C)C(C)(C)C)CC2. The summed E-state index contributed by atoms with van der Waals surface area (Å²) in [6.07, 6.45) is 16.8. The summed E-state index contributed by atoms with van der Waals surface area (Å²) >= 11 is 0. The van der Waals surface area contributed by atoms with Crippen LogP contribution < -0.4 is 0 Å². The van der Waals surface area contributed by atoms with Crippen molar-refractivity contribution in [1.82, 2.24) is 0 Å². The largest absolute Gasteiger partial charge is 0.0988 e. The highest BCUT2D eigenvalue weighted by Crippen LogP contribution is 2.32. The number of hydrogen-bond donors (Lipinski definition) is 0. The zero-order chi connectivity index (χ0) is 24.8. The number of aryl methyl sites for hydroxylation is 2. The van der Waals surface area contributed by atoms with E-state index >= 15 is 0 Å². The van der Waals surface area contributed by atoms with E-state index in [-0.39, 0.29) is 10.8 Å². The number of benzene rings is 1. The highest BCUT2D eigenvalue weighted by molar-refractivity contribution is 5.77. The van der Waals surface area contributed by atoms with Crippen LogP contribution in [0.1, 0.15) is 78.0 Å². The molecular weight excluding hydrogens is 396 g/mol. The fourth-order valence-corrected chi connectivity index (χ4v) is 4.09. The molecule has 0 amide bonds. The molecule has 0 atom stereocenters. The van der Waals surface area contributed by atoms with Crippen LogP contribution >= 0.6 is 0 Å². The molecule has 3 rings (SSSR count). The van der Waals surface area contributed by atoms with Crippen molar-refractivity contribution in [2.75, 3.05) is 0 Å². The minimum Gasteiger partial charge on any atom is -0.0988 e. The molecule has 0 saturated heterocycles. The van der Waals surface area contributed by atoms with E-state index in [2.05, 4.69) is 111 Å². The van der Waals surface area contributed by atoms with Crippen LogP contribution in [0.4, 0.5) is 0 Å². The zero-order valence-corrected chi connectivity index (χ0v) is 22.1. The molecule has 0 aromatic heterocycles. The summed E-state index contributed by atoms with van der Waals surface area (Å²) in [5.41, 5.74) is 10.7. The predicted octanol–water partition coefficient (Wildman–Crippen LogP) is 9.77. The summed E-state index contributed by atoms with van der Waals surface area (Å²) in [6, 6.07) is 6.99.